The molecule has 1 unspecified atom stereocenters. The van der Waals surface area contributed by atoms with E-state index in [2.05, 4.69) is 0 Å². The topological polar surface area (TPSA) is 68.1 Å². The molecule has 0 radical (unpaired) electrons. The largest absolute Gasteiger partial charge is 0.497 e. The number of imide groups is 1. The standard InChI is InChI=1S/C29H21F3N2O4/c1-38-18-12-10-17(11-13-18)26(35)25-23-22(24-19-7-3-2-6-16(19)14-15-33(24)25)27(36)34(28(23)37)21-9-5-4-8-20(21)29(30,31)32/h2-15,22-25H,1H3/p+1/t22-,23+,24+,25+/m0/s1. The zero-order chi connectivity index (χ0) is 26.8. The van der Waals surface area contributed by atoms with Crippen LogP contribution in [0.4, 0.5) is 18.9 Å². The Bertz CT molecular complexity index is 1500. The summed E-state index contributed by atoms with van der Waals surface area (Å²) < 4.78 is 46.8. The van der Waals surface area contributed by atoms with Gasteiger partial charge in [-0.15, -0.1) is 0 Å². The molecule has 3 aromatic carbocycles. The summed E-state index contributed by atoms with van der Waals surface area (Å²) >= 11 is 0. The van der Waals surface area contributed by atoms with Gasteiger partial charge in [0.2, 0.25) is 17.6 Å². The van der Waals surface area contributed by atoms with Gasteiger partial charge in [-0.25, -0.2) is 4.90 Å². The number of ether oxygens (including phenoxy) is 1. The Morgan fingerprint density at radius 1 is 0.895 bits per heavy atom. The lowest BCUT2D eigenvalue weighted by Crippen LogP contribution is -3.12. The Kier molecular flexibility index (Phi) is 5.50. The van der Waals surface area contributed by atoms with Gasteiger partial charge in [-0.2, -0.15) is 13.2 Å². The smallest absolute Gasteiger partial charge is 0.418 e. The van der Waals surface area contributed by atoms with E-state index in [4.69, 9.17) is 4.74 Å². The number of carbonyl (C=O) groups is 3. The molecule has 3 aliphatic heterocycles. The number of benzene rings is 3. The molecule has 0 spiro atoms. The average Bonchev–Trinajstić information content (AvgIpc) is 3.40. The van der Waals surface area contributed by atoms with Crippen molar-refractivity contribution in [3.05, 3.63) is 101 Å². The highest BCUT2D eigenvalue weighted by molar-refractivity contribution is 6.24. The predicted molar refractivity (Wildman–Crippen MR) is 131 cm³/mol. The van der Waals surface area contributed by atoms with Gasteiger partial charge in [0, 0.05) is 11.1 Å². The van der Waals surface area contributed by atoms with Crippen LogP contribution < -0.4 is 14.5 Å². The van der Waals surface area contributed by atoms with Crippen molar-refractivity contribution in [1.29, 1.82) is 0 Å². The average molecular weight is 519 g/mol. The van der Waals surface area contributed by atoms with Crippen molar-refractivity contribution in [1.82, 2.24) is 0 Å². The molecule has 2 saturated heterocycles. The first-order chi connectivity index (χ1) is 18.2. The number of para-hydroxylation sites is 1. The Morgan fingerprint density at radius 2 is 1.55 bits per heavy atom. The molecule has 9 heteroatoms. The second-order valence-corrected chi connectivity index (χ2v) is 9.59. The minimum absolute atomic E-state index is 0.323. The van der Waals surface area contributed by atoms with Crippen molar-refractivity contribution >= 4 is 29.4 Å². The summed E-state index contributed by atoms with van der Waals surface area (Å²) in [5.74, 6) is -3.47. The van der Waals surface area contributed by atoms with E-state index in [1.807, 2.05) is 24.3 Å². The van der Waals surface area contributed by atoms with Crippen LogP contribution in [0.25, 0.3) is 6.08 Å². The maximum Gasteiger partial charge on any atom is 0.418 e. The number of nitrogens with zero attached hydrogens (tertiary/aromatic N) is 1. The number of rotatable bonds is 4. The van der Waals surface area contributed by atoms with Crippen molar-refractivity contribution in [3.8, 4) is 5.75 Å². The number of nitrogens with one attached hydrogen (secondary N) is 1. The van der Waals surface area contributed by atoms with E-state index in [-0.39, 0.29) is 5.78 Å². The third-order valence-corrected chi connectivity index (χ3v) is 7.73. The number of alkyl halides is 3. The second-order valence-electron chi connectivity index (χ2n) is 9.59. The normalized spacial score (nSPS) is 25.7. The van der Waals surface area contributed by atoms with Crippen LogP contribution in [0.3, 0.4) is 0 Å². The molecule has 6 nitrogen and oxygen atoms in total. The lowest BCUT2D eigenvalue weighted by atomic mass is 9.83. The number of amides is 2. The molecule has 2 amide bonds. The van der Waals surface area contributed by atoms with Crippen LogP contribution in [0, 0.1) is 11.8 Å². The zero-order valence-corrected chi connectivity index (χ0v) is 20.1. The summed E-state index contributed by atoms with van der Waals surface area (Å²) in [5, 5.41) is 0. The van der Waals surface area contributed by atoms with Crippen molar-refractivity contribution in [2.24, 2.45) is 11.8 Å². The summed E-state index contributed by atoms with van der Waals surface area (Å²) in [4.78, 5) is 43.0. The van der Waals surface area contributed by atoms with Gasteiger partial charge in [0.25, 0.3) is 0 Å². The lowest BCUT2D eigenvalue weighted by Gasteiger charge is -2.31. The molecule has 0 bridgehead atoms. The van der Waals surface area contributed by atoms with E-state index in [1.165, 1.54) is 19.2 Å². The second kappa shape index (κ2) is 8.66. The van der Waals surface area contributed by atoms with Gasteiger partial charge in [0.1, 0.15) is 23.6 Å². The number of quaternary nitrogens is 1. The highest BCUT2D eigenvalue weighted by Gasteiger charge is 2.68. The summed E-state index contributed by atoms with van der Waals surface area (Å²) in [6.07, 6.45) is -1.14. The minimum Gasteiger partial charge on any atom is -0.497 e. The number of carbonyl (C=O) groups excluding carboxylic acids is 3. The summed E-state index contributed by atoms with van der Waals surface area (Å²) in [6, 6.07) is 16.7. The van der Waals surface area contributed by atoms with Crippen LogP contribution in [0.1, 0.15) is 33.1 Å². The Hall–Kier alpha value is -4.24. The number of halogens is 3. The van der Waals surface area contributed by atoms with Gasteiger partial charge in [-0.05, 0) is 48.0 Å². The summed E-state index contributed by atoms with van der Waals surface area (Å²) in [5.41, 5.74) is 0.350. The van der Waals surface area contributed by atoms with Gasteiger partial charge in [0.15, 0.2) is 6.04 Å². The van der Waals surface area contributed by atoms with E-state index in [9.17, 15) is 27.6 Å². The molecule has 3 heterocycles. The SMILES string of the molecule is COc1ccc(C(=O)[C@H]2[C@@H]3C(=O)N(c4ccccc4C(F)(F)F)C(=O)[C@@H]3[C@H]3c4ccccc4C=C[NH+]32)cc1. The van der Waals surface area contributed by atoms with Crippen molar-refractivity contribution < 1.29 is 37.2 Å². The van der Waals surface area contributed by atoms with E-state index >= 15 is 0 Å². The molecule has 2 fully saturated rings. The highest BCUT2D eigenvalue weighted by atomic mass is 19.4. The Labute approximate surface area is 215 Å². The molecule has 5 atom stereocenters. The lowest BCUT2D eigenvalue weighted by molar-refractivity contribution is -0.884. The van der Waals surface area contributed by atoms with Crippen LogP contribution >= 0.6 is 0 Å². The molecule has 0 aliphatic carbocycles. The first-order valence-electron chi connectivity index (χ1n) is 12.1. The molecule has 1 N–H and O–H groups in total. The van der Waals surface area contributed by atoms with Crippen molar-refractivity contribution in [2.45, 2.75) is 18.3 Å². The van der Waals surface area contributed by atoms with E-state index < -0.39 is 53.2 Å². The Morgan fingerprint density at radius 3 is 2.26 bits per heavy atom. The highest BCUT2D eigenvalue weighted by Crippen LogP contribution is 2.47. The first-order valence-corrected chi connectivity index (χ1v) is 12.1. The van der Waals surface area contributed by atoms with Gasteiger partial charge in [-0.3, -0.25) is 19.3 Å². The number of hydrogen-bond donors (Lipinski definition) is 1. The third kappa shape index (κ3) is 3.49. The molecular formula is C29H22F3N2O4+. The predicted octanol–water partition coefficient (Wildman–Crippen LogP) is 3.70. The van der Waals surface area contributed by atoms with Crippen LogP contribution in [0.2, 0.25) is 0 Å². The minimum atomic E-state index is -4.77. The monoisotopic (exact) mass is 519 g/mol. The van der Waals surface area contributed by atoms with Crippen molar-refractivity contribution in [3.63, 3.8) is 0 Å². The van der Waals surface area contributed by atoms with Crippen LogP contribution in [0.5, 0.6) is 5.75 Å². The molecule has 38 heavy (non-hydrogen) atoms. The fourth-order valence-electron chi connectivity index (χ4n) is 6.13. The molecule has 3 aliphatic rings. The fourth-order valence-corrected chi connectivity index (χ4v) is 6.13. The fraction of sp³-hybridized carbons (Fsp3) is 0.207. The summed E-state index contributed by atoms with van der Waals surface area (Å²) in [6.45, 7) is 0. The van der Waals surface area contributed by atoms with Crippen molar-refractivity contribution in [2.75, 3.05) is 12.0 Å². The number of ketones is 1. The van der Waals surface area contributed by atoms with Crippen LogP contribution in [-0.2, 0) is 15.8 Å². The summed E-state index contributed by atoms with van der Waals surface area (Å²) in [7, 11) is 1.50. The first kappa shape index (κ1) is 24.1. The molecule has 192 valence electrons. The van der Waals surface area contributed by atoms with E-state index in [0.29, 0.717) is 21.1 Å². The van der Waals surface area contributed by atoms with E-state index in [1.54, 1.807) is 36.5 Å². The number of hydrogen-bond acceptors (Lipinski definition) is 4. The zero-order valence-electron chi connectivity index (χ0n) is 20.1. The molecule has 0 aromatic heterocycles. The van der Waals surface area contributed by atoms with Gasteiger partial charge in [0.05, 0.1) is 24.6 Å². The number of anilines is 1. The number of fused-ring (bicyclic) bond motifs is 5. The maximum absolute atomic E-state index is 13.9. The van der Waals surface area contributed by atoms with Gasteiger partial charge >= 0.3 is 6.18 Å². The number of methoxy groups -OCH3 is 1. The molecule has 3 aromatic rings. The van der Waals surface area contributed by atoms with Crippen LogP contribution in [0.15, 0.2) is 79.0 Å². The molecular weight excluding hydrogens is 497 g/mol. The van der Waals surface area contributed by atoms with Gasteiger partial charge in [-0.1, -0.05) is 36.4 Å². The number of Topliss-reactive ketones (excluding diaryl/α,β-unsaturated/α-hetero) is 1. The maximum atomic E-state index is 13.9. The third-order valence-electron chi connectivity index (χ3n) is 7.73. The molecule has 6 rings (SSSR count). The molecule has 0 saturated carbocycles. The van der Waals surface area contributed by atoms with E-state index in [0.717, 1.165) is 23.3 Å². The Balaban J connectivity index is 1.50. The quantitative estimate of drug-likeness (QED) is 0.422. The van der Waals surface area contributed by atoms with Gasteiger partial charge < -0.3 is 4.74 Å². The van der Waals surface area contributed by atoms with Crippen LogP contribution in [-0.4, -0.2) is 30.7 Å².